The fraction of sp³-hybridized carbons (Fsp3) is 0.517. The second-order valence-electron chi connectivity index (χ2n) is 9.46. The first-order chi connectivity index (χ1) is 15.6. The summed E-state index contributed by atoms with van der Waals surface area (Å²) in [5.41, 5.74) is 4.24. The molecule has 32 heavy (non-hydrogen) atoms. The van der Waals surface area contributed by atoms with Gasteiger partial charge in [0.05, 0.1) is 17.2 Å². The number of hydrogen-bond donors (Lipinski definition) is 0. The summed E-state index contributed by atoms with van der Waals surface area (Å²) < 4.78 is 14.4. The molecule has 0 aliphatic heterocycles. The molecule has 3 heteroatoms. The summed E-state index contributed by atoms with van der Waals surface area (Å²) in [6, 6.07) is 15.5. The molecular weight excluding hydrogens is 395 g/mol. The number of aromatic nitrogens is 1. The molecule has 0 N–H and O–H groups in total. The van der Waals surface area contributed by atoms with E-state index in [0.29, 0.717) is 18.8 Å². The molecule has 1 saturated carbocycles. The van der Waals surface area contributed by atoms with Crippen molar-refractivity contribution < 1.29 is 4.39 Å². The highest BCUT2D eigenvalue weighted by molar-refractivity contribution is 5.59. The van der Waals surface area contributed by atoms with E-state index in [0.717, 1.165) is 69.0 Å². The summed E-state index contributed by atoms with van der Waals surface area (Å²) in [6.45, 7) is 5.86. The third kappa shape index (κ3) is 6.52. The first-order valence-electron chi connectivity index (χ1n) is 12.3. The summed E-state index contributed by atoms with van der Waals surface area (Å²) in [7, 11) is 0. The molecule has 0 saturated heterocycles. The Morgan fingerprint density at radius 2 is 1.94 bits per heavy atom. The van der Waals surface area contributed by atoms with Crippen LogP contribution in [0.2, 0.25) is 0 Å². The molecule has 1 aromatic heterocycles. The number of hydrogen-bond acceptors (Lipinski definition) is 2. The number of rotatable bonds is 11. The standard InChI is InChI=1S/C29H37FN2/c1-3-5-7-8-23-10-15-28(32-21-23)26-13-11-24(12-14-26)25-16-18-29(22-31,19-17-25)20-27(30)9-6-4-2/h3,10-15,21,25,27H,1,4-9,16-20H2,2H3/t25-,27-,29-/m0/s1. The van der Waals surface area contributed by atoms with Crippen molar-refractivity contribution in [3.8, 4) is 17.3 Å². The maximum absolute atomic E-state index is 14.4. The molecule has 1 atom stereocenters. The highest BCUT2D eigenvalue weighted by Gasteiger charge is 2.37. The third-order valence-corrected chi connectivity index (χ3v) is 7.04. The fourth-order valence-corrected chi connectivity index (χ4v) is 4.94. The van der Waals surface area contributed by atoms with Gasteiger partial charge in [-0.15, -0.1) is 6.58 Å². The minimum atomic E-state index is -0.841. The summed E-state index contributed by atoms with van der Waals surface area (Å²) in [5, 5.41) is 9.79. The van der Waals surface area contributed by atoms with E-state index >= 15 is 0 Å². The predicted molar refractivity (Wildman–Crippen MR) is 131 cm³/mol. The molecule has 1 aliphatic carbocycles. The topological polar surface area (TPSA) is 36.7 Å². The van der Waals surface area contributed by atoms with Crippen molar-refractivity contribution in [1.82, 2.24) is 4.98 Å². The van der Waals surface area contributed by atoms with Gasteiger partial charge in [-0.3, -0.25) is 4.98 Å². The number of allylic oxidation sites excluding steroid dienone is 1. The van der Waals surface area contributed by atoms with Crippen molar-refractivity contribution in [2.24, 2.45) is 5.41 Å². The molecule has 0 spiro atoms. The van der Waals surface area contributed by atoms with Crippen molar-refractivity contribution in [2.75, 3.05) is 0 Å². The van der Waals surface area contributed by atoms with E-state index in [1.54, 1.807) is 0 Å². The molecule has 1 fully saturated rings. The van der Waals surface area contributed by atoms with Crippen LogP contribution >= 0.6 is 0 Å². The van der Waals surface area contributed by atoms with Gasteiger partial charge in [-0.25, -0.2) is 4.39 Å². The number of unbranched alkanes of at least 4 members (excludes halogenated alkanes) is 2. The maximum Gasteiger partial charge on any atom is 0.102 e. The fourth-order valence-electron chi connectivity index (χ4n) is 4.94. The van der Waals surface area contributed by atoms with Crippen LogP contribution in [0.5, 0.6) is 0 Å². The van der Waals surface area contributed by atoms with Gasteiger partial charge >= 0.3 is 0 Å². The van der Waals surface area contributed by atoms with Crippen LogP contribution in [0.15, 0.2) is 55.3 Å². The quantitative estimate of drug-likeness (QED) is 0.264. The van der Waals surface area contributed by atoms with Crippen LogP contribution < -0.4 is 0 Å². The van der Waals surface area contributed by atoms with Crippen LogP contribution in [0.25, 0.3) is 11.3 Å². The van der Waals surface area contributed by atoms with E-state index in [4.69, 9.17) is 0 Å². The zero-order chi connectivity index (χ0) is 22.8. The molecule has 3 rings (SSSR count). The molecule has 1 aromatic carbocycles. The second-order valence-corrected chi connectivity index (χ2v) is 9.46. The molecule has 2 aromatic rings. The van der Waals surface area contributed by atoms with Gasteiger partial charge in [0.15, 0.2) is 0 Å². The predicted octanol–water partition coefficient (Wildman–Crippen LogP) is 8.34. The van der Waals surface area contributed by atoms with Gasteiger partial charge in [0.25, 0.3) is 0 Å². The summed E-state index contributed by atoms with van der Waals surface area (Å²) in [5.74, 6) is 0.458. The highest BCUT2D eigenvalue weighted by atomic mass is 19.1. The van der Waals surface area contributed by atoms with E-state index in [9.17, 15) is 9.65 Å². The molecular formula is C29H37FN2. The minimum Gasteiger partial charge on any atom is -0.256 e. The van der Waals surface area contributed by atoms with Gasteiger partial charge in [-0.1, -0.05) is 56.2 Å². The van der Waals surface area contributed by atoms with Crippen molar-refractivity contribution >= 4 is 0 Å². The zero-order valence-corrected chi connectivity index (χ0v) is 19.5. The van der Waals surface area contributed by atoms with Crippen molar-refractivity contribution in [3.63, 3.8) is 0 Å². The number of benzene rings is 1. The molecule has 0 unspecified atom stereocenters. The second kappa shape index (κ2) is 12.0. The van der Waals surface area contributed by atoms with Crippen LogP contribution in [-0.4, -0.2) is 11.2 Å². The van der Waals surface area contributed by atoms with E-state index < -0.39 is 11.6 Å². The smallest absolute Gasteiger partial charge is 0.102 e. The number of aryl methyl sites for hydroxylation is 1. The first kappa shape index (κ1) is 24.2. The number of alkyl halides is 1. The van der Waals surface area contributed by atoms with Gasteiger partial charge in [0.2, 0.25) is 0 Å². The van der Waals surface area contributed by atoms with Crippen LogP contribution in [0.3, 0.4) is 0 Å². The highest BCUT2D eigenvalue weighted by Crippen LogP contribution is 2.46. The number of halogens is 1. The summed E-state index contributed by atoms with van der Waals surface area (Å²) in [6.07, 6.45) is 12.7. The maximum atomic E-state index is 14.4. The number of nitrogens with zero attached hydrogens (tertiary/aromatic N) is 2. The van der Waals surface area contributed by atoms with Crippen molar-refractivity contribution in [2.45, 2.75) is 89.6 Å². The number of pyridine rings is 1. The summed E-state index contributed by atoms with van der Waals surface area (Å²) >= 11 is 0. The SMILES string of the molecule is C=CCCCc1ccc(-c2ccc([C@H]3CC[C@@](C#N)(C[C@@H](F)CCCC)CC3)cc2)nc1. The van der Waals surface area contributed by atoms with Gasteiger partial charge in [0, 0.05) is 11.8 Å². The van der Waals surface area contributed by atoms with E-state index in [1.165, 1.54) is 11.1 Å². The lowest BCUT2D eigenvalue weighted by molar-refractivity contribution is 0.158. The molecule has 1 aliphatic rings. The van der Waals surface area contributed by atoms with Crippen LogP contribution in [-0.2, 0) is 6.42 Å². The number of nitriles is 1. The first-order valence-corrected chi connectivity index (χ1v) is 12.3. The largest absolute Gasteiger partial charge is 0.256 e. The molecule has 0 amide bonds. The zero-order valence-electron chi connectivity index (χ0n) is 19.5. The monoisotopic (exact) mass is 432 g/mol. The Labute approximate surface area is 193 Å². The van der Waals surface area contributed by atoms with Crippen LogP contribution in [0.4, 0.5) is 4.39 Å². The van der Waals surface area contributed by atoms with Gasteiger partial charge in [-0.05, 0) is 80.9 Å². The van der Waals surface area contributed by atoms with Crippen LogP contribution in [0, 0.1) is 16.7 Å². The Morgan fingerprint density at radius 3 is 2.53 bits per heavy atom. The average molecular weight is 433 g/mol. The Hall–Kier alpha value is -2.47. The lowest BCUT2D eigenvalue weighted by Crippen LogP contribution is -2.28. The normalized spacial score (nSPS) is 21.6. The van der Waals surface area contributed by atoms with Gasteiger partial charge in [0.1, 0.15) is 6.17 Å². The van der Waals surface area contributed by atoms with E-state index in [1.807, 2.05) is 12.3 Å². The van der Waals surface area contributed by atoms with Crippen LogP contribution in [0.1, 0.15) is 88.2 Å². The Kier molecular flexibility index (Phi) is 9.03. The average Bonchev–Trinajstić information content (AvgIpc) is 2.84. The van der Waals surface area contributed by atoms with Gasteiger partial charge in [-0.2, -0.15) is 5.26 Å². The molecule has 170 valence electrons. The molecule has 1 heterocycles. The lowest BCUT2D eigenvalue weighted by atomic mass is 9.67. The minimum absolute atomic E-state index is 0.407. The molecule has 2 nitrogen and oxygen atoms in total. The van der Waals surface area contributed by atoms with Crippen molar-refractivity contribution in [3.05, 3.63) is 66.4 Å². The Morgan fingerprint density at radius 1 is 1.19 bits per heavy atom. The van der Waals surface area contributed by atoms with E-state index in [2.05, 4.69) is 61.0 Å². The van der Waals surface area contributed by atoms with Gasteiger partial charge < -0.3 is 0 Å². The summed E-state index contributed by atoms with van der Waals surface area (Å²) in [4.78, 5) is 4.65. The Bertz CT molecular complexity index is 871. The van der Waals surface area contributed by atoms with E-state index in [-0.39, 0.29) is 0 Å². The van der Waals surface area contributed by atoms with Crippen molar-refractivity contribution in [1.29, 1.82) is 5.26 Å². The third-order valence-electron chi connectivity index (χ3n) is 7.04. The molecule has 0 bridgehead atoms. The molecule has 0 radical (unpaired) electrons. The Balaban J connectivity index is 1.56. The lowest BCUT2D eigenvalue weighted by Gasteiger charge is -2.36.